The van der Waals surface area contributed by atoms with E-state index in [9.17, 15) is 4.39 Å². The van der Waals surface area contributed by atoms with Gasteiger partial charge in [0.05, 0.1) is 11.9 Å². The van der Waals surface area contributed by atoms with Gasteiger partial charge in [-0.1, -0.05) is 18.2 Å². The van der Waals surface area contributed by atoms with Crippen LogP contribution < -0.4 is 5.32 Å². The second-order valence-corrected chi connectivity index (χ2v) is 6.53. The first-order valence-electron chi connectivity index (χ1n) is 7.53. The molecule has 23 heavy (non-hydrogen) atoms. The first-order chi connectivity index (χ1) is 11.2. The van der Waals surface area contributed by atoms with E-state index in [4.69, 9.17) is 0 Å². The lowest BCUT2D eigenvalue weighted by Crippen LogP contribution is -2.18. The molecule has 1 aromatic carbocycles. The average molecular weight is 325 g/mol. The highest BCUT2D eigenvalue weighted by Crippen LogP contribution is 2.30. The molecule has 1 N–H and O–H groups in total. The van der Waals surface area contributed by atoms with Gasteiger partial charge in [0.15, 0.2) is 0 Å². The minimum absolute atomic E-state index is 0.213. The van der Waals surface area contributed by atoms with Crippen LogP contribution in [0, 0.1) is 5.82 Å². The Bertz CT molecular complexity index is 973. The summed E-state index contributed by atoms with van der Waals surface area (Å²) in [5, 5.41) is 7.01. The van der Waals surface area contributed by atoms with E-state index < -0.39 is 0 Å². The number of aromatic nitrogens is 2. The highest BCUT2D eigenvalue weighted by atomic mass is 32.1. The Morgan fingerprint density at radius 3 is 3.04 bits per heavy atom. The molecule has 0 amide bonds. The van der Waals surface area contributed by atoms with Gasteiger partial charge in [0, 0.05) is 23.5 Å². The highest BCUT2D eigenvalue weighted by molar-refractivity contribution is 7.17. The smallest absolute Gasteiger partial charge is 0.139 e. The predicted molar refractivity (Wildman–Crippen MR) is 92.2 cm³/mol. The van der Waals surface area contributed by atoms with E-state index in [0.29, 0.717) is 6.54 Å². The van der Waals surface area contributed by atoms with Crippen LogP contribution in [-0.4, -0.2) is 9.38 Å². The zero-order chi connectivity index (χ0) is 15.8. The van der Waals surface area contributed by atoms with Crippen LogP contribution in [0.1, 0.15) is 24.2 Å². The van der Waals surface area contributed by atoms with Crippen molar-refractivity contribution in [2.24, 2.45) is 0 Å². The van der Waals surface area contributed by atoms with Crippen LogP contribution in [0.2, 0.25) is 0 Å². The van der Waals surface area contributed by atoms with Gasteiger partial charge < -0.3 is 5.32 Å². The number of benzene rings is 1. The molecule has 3 aromatic heterocycles. The van der Waals surface area contributed by atoms with Gasteiger partial charge in [-0.25, -0.2) is 9.37 Å². The zero-order valence-corrected chi connectivity index (χ0v) is 13.5. The fraction of sp³-hybridized carbons (Fsp3) is 0.167. The zero-order valence-electron chi connectivity index (χ0n) is 12.7. The Morgan fingerprint density at radius 2 is 2.13 bits per heavy atom. The van der Waals surface area contributed by atoms with Crippen LogP contribution in [-0.2, 0) is 6.54 Å². The van der Waals surface area contributed by atoms with Gasteiger partial charge in [-0.2, -0.15) is 0 Å². The molecule has 0 fully saturated rings. The number of imidazole rings is 1. The maximum Gasteiger partial charge on any atom is 0.139 e. The molecule has 0 aliphatic heterocycles. The van der Waals surface area contributed by atoms with Crippen molar-refractivity contribution in [3.05, 3.63) is 71.2 Å². The molecular formula is C18H16FN3S. The Hall–Kier alpha value is -2.24. The molecule has 3 heterocycles. The molecule has 0 saturated heterocycles. The van der Waals surface area contributed by atoms with Crippen molar-refractivity contribution in [3.8, 4) is 0 Å². The number of hydrogen-bond donors (Lipinski definition) is 1. The minimum atomic E-state index is -0.256. The molecule has 0 saturated carbocycles. The lowest BCUT2D eigenvalue weighted by Gasteiger charge is -2.13. The van der Waals surface area contributed by atoms with E-state index in [1.807, 2.05) is 0 Å². The maximum absolute atomic E-state index is 13.4. The molecule has 4 rings (SSSR count). The van der Waals surface area contributed by atoms with Gasteiger partial charge in [-0.3, -0.25) is 4.40 Å². The molecule has 4 aromatic rings. The maximum atomic E-state index is 13.4. The van der Waals surface area contributed by atoms with Crippen molar-refractivity contribution in [2.75, 3.05) is 0 Å². The fourth-order valence-corrected chi connectivity index (χ4v) is 3.89. The third-order valence-electron chi connectivity index (χ3n) is 4.11. The lowest BCUT2D eigenvalue weighted by atomic mass is 10.1. The predicted octanol–water partition coefficient (Wildman–Crippen LogP) is 4.54. The summed E-state index contributed by atoms with van der Waals surface area (Å²) in [5.41, 5.74) is 3.01. The van der Waals surface area contributed by atoms with Crippen molar-refractivity contribution in [1.82, 2.24) is 14.7 Å². The number of rotatable bonds is 4. The Balaban J connectivity index is 1.57. The van der Waals surface area contributed by atoms with E-state index in [1.54, 1.807) is 28.0 Å². The molecule has 116 valence electrons. The molecule has 1 unspecified atom stereocenters. The second kappa shape index (κ2) is 5.76. The topological polar surface area (TPSA) is 29.3 Å². The second-order valence-electron chi connectivity index (χ2n) is 5.61. The summed E-state index contributed by atoms with van der Waals surface area (Å²) >= 11 is 1.76. The molecule has 0 bridgehead atoms. The number of nitrogens with zero attached hydrogens (tertiary/aromatic N) is 2. The molecule has 3 nitrogen and oxygen atoms in total. The minimum Gasteiger partial charge on any atom is -0.305 e. The normalized spacial score (nSPS) is 13.0. The molecule has 0 aliphatic rings. The van der Waals surface area contributed by atoms with Crippen LogP contribution in [0.4, 0.5) is 4.39 Å². The Morgan fingerprint density at radius 1 is 1.26 bits per heavy atom. The van der Waals surface area contributed by atoms with Gasteiger partial charge in [0.1, 0.15) is 11.5 Å². The Kier molecular flexibility index (Phi) is 3.59. The molecule has 0 aliphatic carbocycles. The monoisotopic (exact) mass is 325 g/mol. The molecule has 1 atom stereocenters. The van der Waals surface area contributed by atoms with Crippen LogP contribution in [0.3, 0.4) is 0 Å². The fourth-order valence-electron chi connectivity index (χ4n) is 2.84. The lowest BCUT2D eigenvalue weighted by molar-refractivity contribution is 0.567. The number of nitrogens with one attached hydrogen (secondary N) is 1. The first kappa shape index (κ1) is 14.4. The quantitative estimate of drug-likeness (QED) is 0.597. The van der Waals surface area contributed by atoms with Gasteiger partial charge >= 0.3 is 0 Å². The number of fused-ring (bicyclic) bond motifs is 2. The van der Waals surface area contributed by atoms with Gasteiger partial charge in [0.2, 0.25) is 0 Å². The summed E-state index contributed by atoms with van der Waals surface area (Å²) in [4.78, 5) is 4.31. The third kappa shape index (κ3) is 2.62. The SMILES string of the molecule is CC(NCc1cnc2ccc(F)cn12)c1csc2ccccc12. The van der Waals surface area contributed by atoms with Crippen LogP contribution >= 0.6 is 11.3 Å². The number of thiophene rings is 1. The van der Waals surface area contributed by atoms with Crippen molar-refractivity contribution < 1.29 is 4.39 Å². The third-order valence-corrected chi connectivity index (χ3v) is 5.09. The molecule has 0 radical (unpaired) electrons. The van der Waals surface area contributed by atoms with Crippen LogP contribution in [0.25, 0.3) is 15.7 Å². The first-order valence-corrected chi connectivity index (χ1v) is 8.41. The summed E-state index contributed by atoms with van der Waals surface area (Å²) in [6, 6.07) is 11.8. The standard InChI is InChI=1S/C18H16FN3S/c1-12(16-11-23-17-5-3-2-4-15(16)17)20-8-14-9-21-18-7-6-13(19)10-22(14)18/h2-7,9-12,20H,8H2,1H3. The van der Waals surface area contributed by atoms with E-state index >= 15 is 0 Å². The van der Waals surface area contributed by atoms with Crippen LogP contribution in [0.15, 0.2) is 54.2 Å². The van der Waals surface area contributed by atoms with Crippen LogP contribution in [0.5, 0.6) is 0 Å². The number of hydrogen-bond acceptors (Lipinski definition) is 3. The summed E-state index contributed by atoms with van der Waals surface area (Å²) < 4.78 is 16.5. The van der Waals surface area contributed by atoms with E-state index in [1.165, 1.54) is 27.9 Å². The van der Waals surface area contributed by atoms with Gasteiger partial charge in [-0.15, -0.1) is 11.3 Å². The largest absolute Gasteiger partial charge is 0.305 e. The highest BCUT2D eigenvalue weighted by Gasteiger charge is 2.12. The van der Waals surface area contributed by atoms with Crippen molar-refractivity contribution in [1.29, 1.82) is 0 Å². The summed E-state index contributed by atoms with van der Waals surface area (Å²) in [7, 11) is 0. The van der Waals surface area contributed by atoms with E-state index in [-0.39, 0.29) is 11.9 Å². The summed E-state index contributed by atoms with van der Waals surface area (Å²) in [6.07, 6.45) is 3.27. The van der Waals surface area contributed by atoms with E-state index in [0.717, 1.165) is 11.3 Å². The summed E-state index contributed by atoms with van der Waals surface area (Å²) in [5.74, 6) is -0.256. The van der Waals surface area contributed by atoms with Crippen molar-refractivity contribution in [3.63, 3.8) is 0 Å². The van der Waals surface area contributed by atoms with Crippen molar-refractivity contribution >= 4 is 27.1 Å². The molecule has 5 heteroatoms. The average Bonchev–Trinajstić information content (AvgIpc) is 3.16. The number of halogens is 1. The van der Waals surface area contributed by atoms with Gasteiger partial charge in [0.25, 0.3) is 0 Å². The van der Waals surface area contributed by atoms with E-state index in [2.05, 4.69) is 46.9 Å². The number of pyridine rings is 1. The van der Waals surface area contributed by atoms with Crippen molar-refractivity contribution in [2.45, 2.75) is 19.5 Å². The molecular weight excluding hydrogens is 309 g/mol. The molecule has 0 spiro atoms. The van der Waals surface area contributed by atoms with Gasteiger partial charge in [-0.05, 0) is 41.5 Å². The Labute approximate surface area is 137 Å². The summed E-state index contributed by atoms with van der Waals surface area (Å²) in [6.45, 7) is 2.79.